The lowest BCUT2D eigenvalue weighted by Gasteiger charge is -2.16. The van der Waals surface area contributed by atoms with E-state index in [2.05, 4.69) is 10.4 Å². The molecule has 1 heterocycles. The zero-order valence-corrected chi connectivity index (χ0v) is 11.9. The number of rotatable bonds is 8. The Morgan fingerprint density at radius 3 is 2.65 bits per heavy atom. The first-order valence-electron chi connectivity index (χ1n) is 6.59. The molecule has 1 aromatic rings. The van der Waals surface area contributed by atoms with E-state index in [1.807, 2.05) is 6.92 Å². The standard InChI is InChI=1S/C12H20N4O4/c1-4-6-8(7-10(17)18)13-12-11(16(19)20)9(5-2)14-15(12)3/h8,13H,4-7H2,1-3H3,(H,17,18). The van der Waals surface area contributed by atoms with Gasteiger partial charge in [-0.05, 0) is 12.8 Å². The second-order valence-electron chi connectivity index (χ2n) is 4.61. The Morgan fingerprint density at radius 2 is 2.20 bits per heavy atom. The van der Waals surface area contributed by atoms with Gasteiger partial charge in [-0.2, -0.15) is 5.10 Å². The number of aromatic nitrogens is 2. The maximum absolute atomic E-state index is 11.2. The van der Waals surface area contributed by atoms with E-state index in [1.165, 1.54) is 4.68 Å². The molecule has 2 N–H and O–H groups in total. The highest BCUT2D eigenvalue weighted by Gasteiger charge is 2.27. The van der Waals surface area contributed by atoms with Gasteiger partial charge in [0.05, 0.1) is 11.3 Å². The summed E-state index contributed by atoms with van der Waals surface area (Å²) in [5.74, 6) is -0.664. The van der Waals surface area contributed by atoms with Crippen molar-refractivity contribution >= 4 is 17.5 Å². The van der Waals surface area contributed by atoms with E-state index in [0.29, 0.717) is 18.5 Å². The number of nitrogens with zero attached hydrogens (tertiary/aromatic N) is 3. The van der Waals surface area contributed by atoms with Gasteiger partial charge in [-0.3, -0.25) is 14.9 Å². The summed E-state index contributed by atoms with van der Waals surface area (Å²) in [6.07, 6.45) is 1.77. The van der Waals surface area contributed by atoms with E-state index in [1.54, 1.807) is 14.0 Å². The molecule has 20 heavy (non-hydrogen) atoms. The lowest BCUT2D eigenvalue weighted by atomic mass is 10.1. The first kappa shape index (κ1) is 15.9. The molecule has 1 unspecified atom stereocenters. The number of anilines is 1. The summed E-state index contributed by atoms with van der Waals surface area (Å²) >= 11 is 0. The molecule has 1 atom stereocenters. The summed E-state index contributed by atoms with van der Waals surface area (Å²) in [5.41, 5.74) is 0.326. The van der Waals surface area contributed by atoms with Gasteiger partial charge in [0.1, 0.15) is 5.69 Å². The Labute approximate surface area is 116 Å². The second-order valence-corrected chi connectivity index (χ2v) is 4.61. The highest BCUT2D eigenvalue weighted by atomic mass is 16.6. The first-order chi connectivity index (χ1) is 9.40. The van der Waals surface area contributed by atoms with E-state index in [0.717, 1.165) is 6.42 Å². The molecule has 1 rings (SSSR count). The van der Waals surface area contributed by atoms with Gasteiger partial charge in [0.15, 0.2) is 0 Å². The monoisotopic (exact) mass is 284 g/mol. The van der Waals surface area contributed by atoms with Gasteiger partial charge in [0.25, 0.3) is 0 Å². The lowest BCUT2D eigenvalue weighted by Crippen LogP contribution is -2.24. The molecule has 0 saturated carbocycles. The number of carboxylic acid groups (broad SMARTS) is 1. The van der Waals surface area contributed by atoms with Crippen molar-refractivity contribution in [3.8, 4) is 0 Å². The van der Waals surface area contributed by atoms with E-state index < -0.39 is 10.9 Å². The normalized spacial score (nSPS) is 12.2. The molecule has 112 valence electrons. The largest absolute Gasteiger partial charge is 0.481 e. The number of nitro groups is 1. The Hall–Kier alpha value is -2.12. The van der Waals surface area contributed by atoms with Crippen LogP contribution in [-0.4, -0.2) is 31.8 Å². The molecule has 0 saturated heterocycles. The maximum atomic E-state index is 11.2. The van der Waals surface area contributed by atoms with E-state index in [-0.39, 0.29) is 24.0 Å². The Kier molecular flexibility index (Phi) is 5.48. The van der Waals surface area contributed by atoms with Gasteiger partial charge in [-0.1, -0.05) is 20.3 Å². The molecule has 0 aliphatic rings. The molecule has 0 aliphatic carbocycles. The average molecular weight is 284 g/mol. The van der Waals surface area contributed by atoms with Crippen LogP contribution in [0.1, 0.15) is 38.8 Å². The van der Waals surface area contributed by atoms with Crippen LogP contribution >= 0.6 is 0 Å². The molecule has 0 bridgehead atoms. The number of carboxylic acids is 1. The highest BCUT2D eigenvalue weighted by Crippen LogP contribution is 2.29. The van der Waals surface area contributed by atoms with Crippen LogP contribution in [-0.2, 0) is 18.3 Å². The Bertz CT molecular complexity index is 498. The lowest BCUT2D eigenvalue weighted by molar-refractivity contribution is -0.384. The summed E-state index contributed by atoms with van der Waals surface area (Å²) in [7, 11) is 1.61. The van der Waals surface area contributed by atoms with Crippen LogP contribution in [0.15, 0.2) is 0 Å². The van der Waals surface area contributed by atoms with E-state index in [4.69, 9.17) is 5.11 Å². The van der Waals surface area contributed by atoms with Gasteiger partial charge in [-0.25, -0.2) is 4.68 Å². The number of aryl methyl sites for hydroxylation is 2. The minimum Gasteiger partial charge on any atom is -0.481 e. The number of hydrogen-bond donors (Lipinski definition) is 2. The van der Waals surface area contributed by atoms with Crippen molar-refractivity contribution in [1.29, 1.82) is 0 Å². The molecular weight excluding hydrogens is 264 g/mol. The summed E-state index contributed by atoms with van der Waals surface area (Å²) in [4.78, 5) is 21.5. The zero-order chi connectivity index (χ0) is 15.3. The van der Waals surface area contributed by atoms with Crippen molar-refractivity contribution in [2.45, 2.75) is 45.6 Å². The van der Waals surface area contributed by atoms with Crippen LogP contribution in [0.4, 0.5) is 11.5 Å². The fourth-order valence-electron chi connectivity index (χ4n) is 2.14. The summed E-state index contributed by atoms with van der Waals surface area (Å²) in [6.45, 7) is 3.73. The number of hydrogen-bond acceptors (Lipinski definition) is 5. The van der Waals surface area contributed by atoms with Crippen molar-refractivity contribution in [2.24, 2.45) is 7.05 Å². The van der Waals surface area contributed by atoms with Crippen molar-refractivity contribution in [3.05, 3.63) is 15.8 Å². The Balaban J connectivity index is 3.07. The second kappa shape index (κ2) is 6.88. The predicted molar refractivity (Wildman–Crippen MR) is 73.8 cm³/mol. The van der Waals surface area contributed by atoms with Crippen molar-refractivity contribution in [3.63, 3.8) is 0 Å². The summed E-state index contributed by atoms with van der Waals surface area (Å²) in [5, 5.41) is 27.1. The molecule has 0 radical (unpaired) electrons. The molecule has 0 aliphatic heterocycles. The van der Waals surface area contributed by atoms with Gasteiger partial charge < -0.3 is 10.4 Å². The van der Waals surface area contributed by atoms with Crippen molar-refractivity contribution < 1.29 is 14.8 Å². The number of carbonyl (C=O) groups is 1. The molecule has 1 aromatic heterocycles. The van der Waals surface area contributed by atoms with Crippen LogP contribution in [0.2, 0.25) is 0 Å². The van der Waals surface area contributed by atoms with Crippen LogP contribution in [0, 0.1) is 10.1 Å². The molecule has 0 fully saturated rings. The highest BCUT2D eigenvalue weighted by molar-refractivity contribution is 5.69. The van der Waals surface area contributed by atoms with E-state index >= 15 is 0 Å². The summed E-state index contributed by atoms with van der Waals surface area (Å²) < 4.78 is 1.40. The quantitative estimate of drug-likeness (QED) is 0.557. The van der Waals surface area contributed by atoms with Gasteiger partial charge in [-0.15, -0.1) is 0 Å². The van der Waals surface area contributed by atoms with Gasteiger partial charge >= 0.3 is 11.7 Å². The molecule has 8 heteroatoms. The van der Waals surface area contributed by atoms with E-state index in [9.17, 15) is 14.9 Å². The topological polar surface area (TPSA) is 110 Å². The molecular formula is C12H20N4O4. The predicted octanol–water partition coefficient (Wildman–Crippen LogP) is 1.95. The van der Waals surface area contributed by atoms with Crippen LogP contribution in [0.3, 0.4) is 0 Å². The van der Waals surface area contributed by atoms with Crippen LogP contribution in [0.5, 0.6) is 0 Å². The smallest absolute Gasteiger partial charge is 0.333 e. The third-order valence-electron chi connectivity index (χ3n) is 3.01. The minimum absolute atomic E-state index is 0.0681. The fourth-order valence-corrected chi connectivity index (χ4v) is 2.14. The number of aliphatic carboxylic acids is 1. The molecule has 0 amide bonds. The SMILES string of the molecule is CCCC(CC(=O)O)Nc1c([N+](=O)[O-])c(CC)nn1C. The van der Waals surface area contributed by atoms with Crippen LogP contribution < -0.4 is 5.32 Å². The maximum Gasteiger partial charge on any atom is 0.333 e. The van der Waals surface area contributed by atoms with Gasteiger partial charge in [0.2, 0.25) is 5.82 Å². The number of nitrogens with one attached hydrogen (secondary N) is 1. The van der Waals surface area contributed by atoms with Crippen molar-refractivity contribution in [1.82, 2.24) is 9.78 Å². The fraction of sp³-hybridized carbons (Fsp3) is 0.667. The molecule has 0 aromatic carbocycles. The van der Waals surface area contributed by atoms with Crippen LogP contribution in [0.25, 0.3) is 0 Å². The zero-order valence-electron chi connectivity index (χ0n) is 11.9. The first-order valence-corrected chi connectivity index (χ1v) is 6.59. The summed E-state index contributed by atoms with van der Waals surface area (Å²) in [6, 6.07) is -0.351. The third-order valence-corrected chi connectivity index (χ3v) is 3.01. The third kappa shape index (κ3) is 3.69. The molecule has 0 spiro atoms. The minimum atomic E-state index is -0.934. The van der Waals surface area contributed by atoms with Gasteiger partial charge in [0, 0.05) is 13.1 Å². The molecule has 8 nitrogen and oxygen atoms in total. The Morgan fingerprint density at radius 1 is 1.55 bits per heavy atom. The van der Waals surface area contributed by atoms with Crippen molar-refractivity contribution in [2.75, 3.05) is 5.32 Å². The average Bonchev–Trinajstić information content (AvgIpc) is 2.65.